The summed E-state index contributed by atoms with van der Waals surface area (Å²) < 4.78 is 23.3. The molecular formula is C23H43NO4. The van der Waals surface area contributed by atoms with Crippen molar-refractivity contribution in [1.82, 2.24) is 4.90 Å². The highest BCUT2D eigenvalue weighted by Crippen LogP contribution is 2.52. The van der Waals surface area contributed by atoms with E-state index in [9.17, 15) is 0 Å². The second-order valence-corrected chi connectivity index (χ2v) is 11.0. The van der Waals surface area contributed by atoms with Crippen LogP contribution < -0.4 is 0 Å². The molecule has 0 aromatic carbocycles. The molecule has 0 spiro atoms. The molecule has 0 bridgehead atoms. The van der Waals surface area contributed by atoms with Crippen molar-refractivity contribution < 1.29 is 18.9 Å². The minimum atomic E-state index is -0.00259. The molecule has 0 amide bonds. The minimum Gasteiger partial charge on any atom is -0.379 e. The average Bonchev–Trinajstić information content (AvgIpc) is 3.23. The van der Waals surface area contributed by atoms with Crippen molar-refractivity contribution in [1.29, 1.82) is 0 Å². The van der Waals surface area contributed by atoms with Gasteiger partial charge >= 0.3 is 0 Å². The zero-order valence-electron chi connectivity index (χ0n) is 19.0. The fourth-order valence-electron chi connectivity index (χ4n) is 4.41. The number of hydrogen-bond acceptors (Lipinski definition) is 5. The van der Waals surface area contributed by atoms with E-state index in [0.29, 0.717) is 38.6 Å². The highest BCUT2D eigenvalue weighted by atomic mass is 16.5. The molecule has 3 rings (SSSR count). The van der Waals surface area contributed by atoms with Crippen molar-refractivity contribution in [2.24, 2.45) is 17.8 Å². The van der Waals surface area contributed by atoms with Gasteiger partial charge in [-0.15, -0.1) is 0 Å². The molecule has 1 heterocycles. The van der Waals surface area contributed by atoms with Gasteiger partial charge in [-0.1, -0.05) is 0 Å². The van der Waals surface area contributed by atoms with Crippen LogP contribution in [0.15, 0.2) is 0 Å². The fourth-order valence-corrected chi connectivity index (χ4v) is 4.41. The van der Waals surface area contributed by atoms with Crippen LogP contribution in [-0.2, 0) is 18.9 Å². The third kappa shape index (κ3) is 6.94. The number of rotatable bonds is 11. The lowest BCUT2D eigenvalue weighted by Crippen LogP contribution is -2.59. The van der Waals surface area contributed by atoms with Crippen molar-refractivity contribution in [3.63, 3.8) is 0 Å². The van der Waals surface area contributed by atoms with E-state index in [-0.39, 0.29) is 11.1 Å². The van der Waals surface area contributed by atoms with Crippen molar-refractivity contribution >= 4 is 0 Å². The first-order chi connectivity index (χ1) is 13.1. The second-order valence-electron chi connectivity index (χ2n) is 11.0. The normalized spacial score (nSPS) is 31.5. The van der Waals surface area contributed by atoms with Gasteiger partial charge in [-0.25, -0.2) is 0 Å². The smallest absolute Gasteiger partial charge is 0.0830 e. The zero-order valence-corrected chi connectivity index (χ0v) is 19.0. The molecule has 28 heavy (non-hydrogen) atoms. The summed E-state index contributed by atoms with van der Waals surface area (Å²) in [5.74, 6) is 2.52. The summed E-state index contributed by atoms with van der Waals surface area (Å²) in [6, 6.07) is 0. The van der Waals surface area contributed by atoms with Gasteiger partial charge in [0.15, 0.2) is 0 Å². The molecule has 5 heteroatoms. The number of nitrogens with zero attached hydrogens (tertiary/aromatic N) is 1. The lowest BCUT2D eigenvalue weighted by atomic mass is 9.78. The van der Waals surface area contributed by atoms with Crippen LogP contribution in [0.4, 0.5) is 0 Å². The van der Waals surface area contributed by atoms with Crippen molar-refractivity contribution in [2.45, 2.75) is 84.2 Å². The van der Waals surface area contributed by atoms with Crippen molar-refractivity contribution in [2.75, 3.05) is 46.1 Å². The molecule has 2 aliphatic carbocycles. The van der Waals surface area contributed by atoms with Crippen LogP contribution in [-0.4, -0.2) is 74.4 Å². The topological polar surface area (TPSA) is 40.2 Å². The van der Waals surface area contributed by atoms with Crippen LogP contribution >= 0.6 is 0 Å². The maximum Gasteiger partial charge on any atom is 0.0830 e. The first-order valence-electron chi connectivity index (χ1n) is 11.3. The maximum absolute atomic E-state index is 6.05. The van der Waals surface area contributed by atoms with Gasteiger partial charge in [0.05, 0.1) is 44.2 Å². The number of ether oxygens (including phenoxy) is 4. The molecule has 0 N–H and O–H groups in total. The molecule has 1 saturated heterocycles. The predicted molar refractivity (Wildman–Crippen MR) is 112 cm³/mol. The lowest BCUT2D eigenvalue weighted by Gasteiger charge is -2.47. The van der Waals surface area contributed by atoms with Gasteiger partial charge in [0.25, 0.3) is 0 Å². The van der Waals surface area contributed by atoms with Crippen LogP contribution in [0.25, 0.3) is 0 Å². The third-order valence-electron chi connectivity index (χ3n) is 6.32. The van der Waals surface area contributed by atoms with Crippen LogP contribution in [0, 0.1) is 17.8 Å². The Morgan fingerprint density at radius 1 is 0.786 bits per heavy atom. The molecular weight excluding hydrogens is 354 g/mol. The molecule has 2 saturated carbocycles. The van der Waals surface area contributed by atoms with Gasteiger partial charge in [0.2, 0.25) is 0 Å². The van der Waals surface area contributed by atoms with Gasteiger partial charge in [0, 0.05) is 25.2 Å². The highest BCUT2D eigenvalue weighted by molar-refractivity contribution is 4.98. The Morgan fingerprint density at radius 3 is 2.07 bits per heavy atom. The third-order valence-corrected chi connectivity index (χ3v) is 6.32. The quantitative estimate of drug-likeness (QED) is 0.497. The molecule has 164 valence electrons. The van der Waals surface area contributed by atoms with Crippen LogP contribution in [0.2, 0.25) is 0 Å². The minimum absolute atomic E-state index is 0.00259. The monoisotopic (exact) mass is 397 g/mol. The summed E-state index contributed by atoms with van der Waals surface area (Å²) in [4.78, 5) is 2.44. The summed E-state index contributed by atoms with van der Waals surface area (Å²) in [7, 11) is 0. The highest BCUT2D eigenvalue weighted by Gasteiger charge is 2.48. The van der Waals surface area contributed by atoms with Gasteiger partial charge in [-0.3, -0.25) is 4.90 Å². The molecule has 0 aromatic rings. The van der Waals surface area contributed by atoms with E-state index in [1.807, 2.05) is 0 Å². The van der Waals surface area contributed by atoms with E-state index >= 15 is 0 Å². The van der Waals surface area contributed by atoms with E-state index in [1.54, 1.807) is 0 Å². The molecule has 0 aromatic heterocycles. The Balaban J connectivity index is 1.09. The lowest BCUT2D eigenvalue weighted by molar-refractivity contribution is -0.116. The molecule has 0 radical (unpaired) electrons. The summed E-state index contributed by atoms with van der Waals surface area (Å²) in [6.45, 7) is 18.9. The Bertz CT molecular complexity index is 472. The summed E-state index contributed by atoms with van der Waals surface area (Å²) in [5.41, 5.74) is 0.256. The summed E-state index contributed by atoms with van der Waals surface area (Å²) in [6.07, 6.45) is 4.70. The van der Waals surface area contributed by atoms with Gasteiger partial charge in [0.1, 0.15) is 0 Å². The molecule has 5 nitrogen and oxygen atoms in total. The van der Waals surface area contributed by atoms with E-state index in [0.717, 1.165) is 37.5 Å². The van der Waals surface area contributed by atoms with Crippen LogP contribution in [0.1, 0.15) is 60.8 Å². The Hall–Kier alpha value is -0.200. The van der Waals surface area contributed by atoms with Gasteiger partial charge in [-0.2, -0.15) is 0 Å². The summed E-state index contributed by atoms with van der Waals surface area (Å²) >= 11 is 0. The Labute approximate surface area is 172 Å². The van der Waals surface area contributed by atoms with E-state index in [1.165, 1.54) is 19.3 Å². The predicted octanol–water partition coefficient (Wildman–Crippen LogP) is 3.75. The first kappa shape index (κ1) is 22.5. The van der Waals surface area contributed by atoms with Crippen molar-refractivity contribution in [3.8, 4) is 0 Å². The number of likely N-dealkylation sites (tertiary alicyclic amines) is 1. The van der Waals surface area contributed by atoms with Crippen LogP contribution in [0.3, 0.4) is 0 Å². The summed E-state index contributed by atoms with van der Waals surface area (Å²) in [5, 5.41) is 0. The largest absolute Gasteiger partial charge is 0.379 e. The molecule has 3 aliphatic rings. The first-order valence-corrected chi connectivity index (χ1v) is 11.3. The van der Waals surface area contributed by atoms with Gasteiger partial charge in [-0.05, 0) is 78.6 Å². The average molecular weight is 398 g/mol. The van der Waals surface area contributed by atoms with Crippen molar-refractivity contribution in [3.05, 3.63) is 0 Å². The van der Waals surface area contributed by atoms with E-state index in [4.69, 9.17) is 18.9 Å². The van der Waals surface area contributed by atoms with E-state index < -0.39 is 0 Å². The Kier molecular flexibility index (Phi) is 7.47. The standard InChI is InChI=1S/C23H43NO4/c1-22(2,3)24-14-20(15-24)27-10-9-25-7-8-26-16-18-13-21(18)17-11-19(12-17)28-23(4,5)6/h17-21H,7-16H2,1-6H3. The number of hydrogen-bond donors (Lipinski definition) is 0. The second kappa shape index (κ2) is 9.30. The molecule has 3 fully saturated rings. The maximum atomic E-state index is 6.05. The molecule has 2 unspecified atom stereocenters. The molecule has 1 aliphatic heterocycles. The SMILES string of the molecule is CC(C)(C)OC1CC(C2CC2COCCOCCOC2CN(C(C)(C)C)C2)C1. The fraction of sp³-hybridized carbons (Fsp3) is 1.00. The van der Waals surface area contributed by atoms with E-state index in [2.05, 4.69) is 46.4 Å². The van der Waals surface area contributed by atoms with Crippen LogP contribution in [0.5, 0.6) is 0 Å². The van der Waals surface area contributed by atoms with Gasteiger partial charge < -0.3 is 18.9 Å². The Morgan fingerprint density at radius 2 is 1.43 bits per heavy atom. The molecule has 2 atom stereocenters. The zero-order chi connectivity index (χ0) is 20.4.